The highest BCUT2D eigenvalue weighted by Crippen LogP contribution is 2.37. The van der Waals surface area contributed by atoms with Gasteiger partial charge in [0.15, 0.2) is 0 Å². The van der Waals surface area contributed by atoms with Gasteiger partial charge in [-0.05, 0) is 37.1 Å². The summed E-state index contributed by atoms with van der Waals surface area (Å²) in [6, 6.07) is 6.20. The van der Waals surface area contributed by atoms with Crippen molar-refractivity contribution < 1.29 is 29.4 Å². The third-order valence-corrected chi connectivity index (χ3v) is 6.12. The van der Waals surface area contributed by atoms with Crippen LogP contribution in [0.15, 0.2) is 24.3 Å². The van der Waals surface area contributed by atoms with Gasteiger partial charge in [-0.3, -0.25) is 29.0 Å². The Labute approximate surface area is 185 Å². The number of benzene rings is 2. The lowest BCUT2D eigenvalue weighted by Gasteiger charge is -2.32. The van der Waals surface area contributed by atoms with Gasteiger partial charge in [-0.15, -0.1) is 13.2 Å². The normalized spacial score (nSPS) is 15.3. The van der Waals surface area contributed by atoms with Crippen LogP contribution in [0.1, 0.15) is 80.0 Å². The van der Waals surface area contributed by atoms with E-state index in [1.54, 1.807) is 24.3 Å². The summed E-state index contributed by atoms with van der Waals surface area (Å²) in [4.78, 5) is 54.7. The van der Waals surface area contributed by atoms with Crippen molar-refractivity contribution in [1.29, 1.82) is 0 Å². The molecule has 168 valence electrons. The second-order valence-electron chi connectivity index (χ2n) is 8.12. The Morgan fingerprint density at radius 3 is 1.09 bits per heavy atom. The van der Waals surface area contributed by atoms with E-state index >= 15 is 0 Å². The molecule has 0 fully saturated rings. The molecule has 0 atom stereocenters. The minimum absolute atomic E-state index is 0.187. The smallest absolute Gasteiger partial charge is 0.261 e. The van der Waals surface area contributed by atoms with Gasteiger partial charge in [-0.1, -0.05) is 25.7 Å². The number of unbranched alkanes of at least 4 members (excludes halogenated alkanes) is 4. The highest BCUT2D eigenvalue weighted by atomic mass is 16.3. The summed E-state index contributed by atoms with van der Waals surface area (Å²) in [5, 5.41) is 22.0. The van der Waals surface area contributed by atoms with E-state index in [1.807, 2.05) is 0 Å². The van der Waals surface area contributed by atoms with Crippen molar-refractivity contribution in [3.63, 3.8) is 0 Å². The summed E-state index contributed by atoms with van der Waals surface area (Å²) >= 11 is 0. The van der Waals surface area contributed by atoms with Crippen LogP contribution in [0.5, 0.6) is 0 Å². The average Bonchev–Trinajstić information content (AvgIpc) is 2.80. The first-order chi connectivity index (χ1) is 15.5. The number of carbonyl (C=O) groups is 4. The van der Waals surface area contributed by atoms with E-state index in [4.69, 9.17) is 0 Å². The van der Waals surface area contributed by atoms with Gasteiger partial charge >= 0.3 is 0 Å². The molecule has 0 N–H and O–H groups in total. The molecule has 0 saturated heterocycles. The maximum atomic E-state index is 13.1. The molecular formula is C24H24N2O6-2. The van der Waals surface area contributed by atoms with Gasteiger partial charge in [0.2, 0.25) is 0 Å². The number of hydrogen-bond acceptors (Lipinski definition) is 6. The van der Waals surface area contributed by atoms with Crippen LogP contribution in [-0.4, -0.2) is 59.7 Å². The molecule has 2 aromatic carbocycles. The minimum atomic E-state index is -0.451. The largest absolute Gasteiger partial charge is 0.854 e. The summed E-state index contributed by atoms with van der Waals surface area (Å²) in [5.41, 5.74) is 1.20. The second kappa shape index (κ2) is 9.18. The van der Waals surface area contributed by atoms with Gasteiger partial charge in [0.1, 0.15) is 0 Å². The number of imide groups is 2. The lowest BCUT2D eigenvalue weighted by molar-refractivity contribution is -0.368. The molecule has 0 bridgehead atoms. The van der Waals surface area contributed by atoms with E-state index in [0.717, 1.165) is 0 Å². The fourth-order valence-electron chi connectivity index (χ4n) is 4.48. The lowest BCUT2D eigenvalue weighted by atomic mass is 9.86. The Balaban J connectivity index is 1.70. The standard InChI is InChI=1S/C24H24N2O6/c27-13-5-1-3-11-25-21(29)15-7-9-17-20-18(10-8-16(19(15)20)22(25)30)24(32)26(23(17)31)12-4-2-6-14-28/h7-10H,1-6,11-14H2/q-2. The van der Waals surface area contributed by atoms with Gasteiger partial charge in [0, 0.05) is 46.1 Å². The molecule has 0 saturated carbocycles. The van der Waals surface area contributed by atoms with Gasteiger partial charge < -0.3 is 10.2 Å². The molecule has 0 unspecified atom stereocenters. The Bertz CT molecular complexity index is 952. The molecule has 0 radical (unpaired) electrons. The van der Waals surface area contributed by atoms with Gasteiger partial charge in [0.25, 0.3) is 23.6 Å². The quantitative estimate of drug-likeness (QED) is 0.406. The first kappa shape index (κ1) is 22.1. The summed E-state index contributed by atoms with van der Waals surface area (Å²) < 4.78 is 0. The van der Waals surface area contributed by atoms with E-state index in [-0.39, 0.29) is 26.3 Å². The monoisotopic (exact) mass is 436 g/mol. The van der Waals surface area contributed by atoms with E-state index in [1.165, 1.54) is 9.80 Å². The van der Waals surface area contributed by atoms with Crippen molar-refractivity contribution >= 4 is 34.4 Å². The molecule has 32 heavy (non-hydrogen) atoms. The average molecular weight is 436 g/mol. The maximum absolute atomic E-state index is 13.1. The predicted molar refractivity (Wildman–Crippen MR) is 112 cm³/mol. The van der Waals surface area contributed by atoms with Crippen molar-refractivity contribution in [1.82, 2.24) is 9.80 Å². The fraction of sp³-hybridized carbons (Fsp3) is 0.417. The molecule has 2 aliphatic heterocycles. The topological polar surface area (TPSA) is 121 Å². The van der Waals surface area contributed by atoms with Crippen LogP contribution in [0.4, 0.5) is 0 Å². The number of amides is 4. The van der Waals surface area contributed by atoms with Crippen molar-refractivity contribution in [2.45, 2.75) is 38.5 Å². The van der Waals surface area contributed by atoms with Crippen molar-refractivity contribution in [3.05, 3.63) is 46.5 Å². The molecule has 2 aliphatic rings. The summed E-state index contributed by atoms with van der Waals surface area (Å²) in [6.07, 6.45) is 3.35. The van der Waals surface area contributed by atoms with E-state index in [0.29, 0.717) is 71.6 Å². The maximum Gasteiger partial charge on any atom is 0.261 e. The summed E-state index contributed by atoms with van der Waals surface area (Å²) in [7, 11) is 0. The Morgan fingerprint density at radius 1 is 0.500 bits per heavy atom. The molecule has 0 aliphatic carbocycles. The van der Waals surface area contributed by atoms with Gasteiger partial charge in [-0.2, -0.15) is 0 Å². The van der Waals surface area contributed by atoms with Crippen LogP contribution >= 0.6 is 0 Å². The van der Waals surface area contributed by atoms with Gasteiger partial charge in [0.05, 0.1) is 0 Å². The zero-order chi connectivity index (χ0) is 22.8. The Hall–Kier alpha value is -3.10. The molecular weight excluding hydrogens is 412 g/mol. The zero-order valence-electron chi connectivity index (χ0n) is 17.7. The second-order valence-corrected chi connectivity index (χ2v) is 8.12. The first-order valence-electron chi connectivity index (χ1n) is 11.0. The number of carbonyl (C=O) groups excluding carboxylic acids is 4. The van der Waals surface area contributed by atoms with Crippen LogP contribution in [-0.2, 0) is 0 Å². The third kappa shape index (κ3) is 3.59. The van der Waals surface area contributed by atoms with E-state index < -0.39 is 23.6 Å². The van der Waals surface area contributed by atoms with Crippen molar-refractivity contribution in [2.75, 3.05) is 26.3 Å². The van der Waals surface area contributed by atoms with E-state index in [2.05, 4.69) is 0 Å². The van der Waals surface area contributed by atoms with Crippen molar-refractivity contribution in [3.8, 4) is 0 Å². The van der Waals surface area contributed by atoms with Crippen LogP contribution in [0.3, 0.4) is 0 Å². The SMILES string of the molecule is O=C1c2ccc3c4c(ccc(c24)C(=O)N1CCCCC[O-])C(=O)N(CCCCC[O-])C3=O. The predicted octanol–water partition coefficient (Wildman–Crippen LogP) is 1.09. The number of rotatable bonds is 10. The first-order valence-corrected chi connectivity index (χ1v) is 11.0. The molecule has 2 heterocycles. The minimum Gasteiger partial charge on any atom is -0.854 e. The lowest BCUT2D eigenvalue weighted by Crippen LogP contribution is -2.43. The van der Waals surface area contributed by atoms with Crippen LogP contribution in [0.25, 0.3) is 10.8 Å². The molecule has 8 heteroatoms. The van der Waals surface area contributed by atoms with Crippen molar-refractivity contribution in [2.24, 2.45) is 0 Å². The van der Waals surface area contributed by atoms with Crippen LogP contribution in [0.2, 0.25) is 0 Å². The molecule has 4 amide bonds. The highest BCUT2D eigenvalue weighted by Gasteiger charge is 2.39. The summed E-state index contributed by atoms with van der Waals surface area (Å²) in [5.74, 6) is -1.80. The fourth-order valence-corrected chi connectivity index (χ4v) is 4.48. The number of nitrogens with zero attached hydrogens (tertiary/aromatic N) is 2. The van der Waals surface area contributed by atoms with Crippen LogP contribution < -0.4 is 10.2 Å². The molecule has 0 aromatic heterocycles. The van der Waals surface area contributed by atoms with E-state index in [9.17, 15) is 29.4 Å². The number of hydrogen-bond donors (Lipinski definition) is 0. The third-order valence-electron chi connectivity index (χ3n) is 6.12. The Kier molecular flexibility index (Phi) is 6.34. The van der Waals surface area contributed by atoms with Crippen LogP contribution in [0, 0.1) is 0 Å². The highest BCUT2D eigenvalue weighted by molar-refractivity contribution is 6.33. The molecule has 4 rings (SSSR count). The Morgan fingerprint density at radius 2 is 0.812 bits per heavy atom. The molecule has 8 nitrogen and oxygen atoms in total. The van der Waals surface area contributed by atoms with Gasteiger partial charge in [-0.25, -0.2) is 0 Å². The molecule has 0 spiro atoms. The molecule has 2 aromatic rings. The summed E-state index contributed by atoms with van der Waals surface area (Å²) in [6.45, 7) is 0.0643. The zero-order valence-corrected chi connectivity index (χ0v) is 17.7.